The molecule has 2 amide bonds. The van der Waals surface area contributed by atoms with Gasteiger partial charge < -0.3 is 51.4 Å². The summed E-state index contributed by atoms with van der Waals surface area (Å²) in [5, 5.41) is 41.1. The molecule has 0 aliphatic heterocycles. The van der Waals surface area contributed by atoms with Gasteiger partial charge in [0.1, 0.15) is 69.5 Å². The minimum atomic E-state index is -1.54. The van der Waals surface area contributed by atoms with Gasteiger partial charge in [0, 0.05) is 94.8 Å². The number of rotatable bonds is 23. The van der Waals surface area contributed by atoms with Gasteiger partial charge in [0.15, 0.2) is 46.5 Å². The molecular weight excluding hydrogens is 1810 g/mol. The number of phenolic OH excluding ortho intramolecular Hbond substituents is 1. The molecule has 2 aromatic heterocycles. The Morgan fingerprint density at radius 3 is 1.21 bits per heavy atom. The van der Waals surface area contributed by atoms with E-state index in [1.165, 1.54) is 50.3 Å². The number of ether oxygens (including phenoxy) is 4. The van der Waals surface area contributed by atoms with Crippen molar-refractivity contribution in [3.63, 3.8) is 0 Å². The summed E-state index contributed by atoms with van der Waals surface area (Å²) < 4.78 is 186. The number of fused-ring (bicyclic) bond motifs is 2. The summed E-state index contributed by atoms with van der Waals surface area (Å²) in [6.07, 6.45) is 12.0. The number of carboxylic acid groups (broad SMARTS) is 1. The SMILES string of the molecule is BrCC1CC1.CC#N.COC(=O)[C@H](Cc1ccc(-c2cc(F)c(F)cc2OCC2CC2)c2ncccc12)NC(=O)c1c(F)cccc1F.Fc1cc(Br)c(OCC2CC2)cc1F.O=C(N[C@@H](Cc1ccc(-c2cc(F)c(F)cc2OCC2CC2)c2ncccc12)C(=O)O)c1c(F)cccc1F.O=CO[O-].Oc1cc(F)c(F)cc1Br.[H-].[K+].[K+]. The second kappa shape index (κ2) is 48.0. The van der Waals surface area contributed by atoms with Crippen LogP contribution in [0.2, 0.25) is 0 Å². The number of hydrogen-bond donors (Lipinski definition) is 4. The summed E-state index contributed by atoms with van der Waals surface area (Å²) >= 11 is 9.32. The van der Waals surface area contributed by atoms with Crippen molar-refractivity contribution in [1.82, 2.24) is 20.6 Å². The van der Waals surface area contributed by atoms with Crippen LogP contribution in [0.3, 0.4) is 0 Å². The second-order valence-corrected chi connectivity index (χ2v) is 28.4. The average Bonchev–Trinajstić information content (AvgIpc) is 1.27. The summed E-state index contributed by atoms with van der Waals surface area (Å²) in [6.45, 7) is 2.58. The van der Waals surface area contributed by atoms with E-state index in [0.29, 0.717) is 103 Å². The van der Waals surface area contributed by atoms with Crippen molar-refractivity contribution in [1.29, 1.82) is 5.26 Å². The number of alkyl halides is 1. The van der Waals surface area contributed by atoms with E-state index in [-0.39, 0.29) is 151 Å². The third-order valence-electron chi connectivity index (χ3n) is 17.4. The van der Waals surface area contributed by atoms with E-state index in [4.69, 9.17) is 39.4 Å². The molecule has 0 radical (unpaired) electrons. The van der Waals surface area contributed by atoms with Gasteiger partial charge in [-0.25, -0.2) is 62.3 Å². The molecule has 2 atom stereocenters. The number of carbonyl (C=O) groups excluding carboxylic acids is 4. The normalized spacial score (nSPS) is 13.2. The molecule has 4 aliphatic carbocycles. The quantitative estimate of drug-likeness (QED) is 0.00677. The molecule has 18 nitrogen and oxygen atoms in total. The molecule has 0 unspecified atom stereocenters. The van der Waals surface area contributed by atoms with Crippen LogP contribution in [-0.2, 0) is 36.8 Å². The van der Waals surface area contributed by atoms with Crippen molar-refractivity contribution in [3.8, 4) is 51.3 Å². The Hall–Kier alpha value is -7.55. The van der Waals surface area contributed by atoms with Crippen LogP contribution >= 0.6 is 47.8 Å². The molecule has 0 bridgehead atoms. The number of nitrogens with zero attached hydrogens (tertiary/aromatic N) is 3. The van der Waals surface area contributed by atoms with Crippen LogP contribution in [0, 0.1) is 105 Å². The van der Waals surface area contributed by atoms with Crippen LogP contribution in [0.15, 0.2) is 155 Å². The number of aliphatic carboxylic acids is 1. The number of halogens is 15. The summed E-state index contributed by atoms with van der Waals surface area (Å²) in [5.41, 5.74) is 1.56. The third-order valence-corrected chi connectivity index (χ3v) is 19.6. The molecule has 4 saturated carbocycles. The topological polar surface area (TPSA) is 269 Å². The van der Waals surface area contributed by atoms with Gasteiger partial charge in [0.05, 0.1) is 53.0 Å². The zero-order valence-electron chi connectivity index (χ0n) is 63.7. The fourth-order valence-corrected chi connectivity index (χ4v) is 12.1. The van der Waals surface area contributed by atoms with Crippen molar-refractivity contribution >= 4 is 99.8 Å². The Kier molecular flexibility index (Phi) is 40.4. The minimum absolute atomic E-state index is 0. The van der Waals surface area contributed by atoms with Crippen molar-refractivity contribution < 1.29 is 220 Å². The number of methoxy groups -OCH3 is 1. The zero-order chi connectivity index (χ0) is 83.7. The van der Waals surface area contributed by atoms with Crippen LogP contribution in [0.4, 0.5) is 52.7 Å². The Morgan fingerprint density at radius 1 is 0.521 bits per heavy atom. The molecule has 0 saturated heterocycles. The van der Waals surface area contributed by atoms with E-state index in [0.717, 1.165) is 118 Å². The first-order valence-electron chi connectivity index (χ1n) is 35.0. The van der Waals surface area contributed by atoms with E-state index in [1.807, 2.05) is 0 Å². The average molecular weight is 1880 g/mol. The Labute approximate surface area is 774 Å². The number of carboxylic acids is 1. The fourth-order valence-electron chi connectivity index (χ4n) is 10.7. The van der Waals surface area contributed by atoms with Gasteiger partial charge in [-0.3, -0.25) is 24.4 Å². The summed E-state index contributed by atoms with van der Waals surface area (Å²) in [6, 6.07) is 25.7. The Balaban J connectivity index is 0.000000291. The van der Waals surface area contributed by atoms with Gasteiger partial charge in [-0.1, -0.05) is 64.5 Å². The standard InChI is InChI=1S/C30H24F4N2O4.C29H22F4N2O4.C10H9BrF2O.C6H3BrF2O.C4H7Br.C2H3N.CH2O3.2K.H/c1-39-30(38)25(36-29(37)27-21(31)5-2-6-22(27)32)12-17-9-10-19(28-18(17)4-3-11-35-28)20-13-23(33)24(34)14-26(20)40-15-16-7-8-16;30-20-4-1-5-21(31)26(20)28(36)35-24(29(37)38)11-16-8-9-18(27-17(16)3-2-10-34-27)19-12-22(32)23(33)13-25(19)39-14-15-6-7-15;11-7-3-8(12)9(13)4-10(7)14-5-6-1-2-6;7-3-1-4(8)5(9)2-6(3)10;5-3-4-1-2-4;1-2-3;2-1-4-3;;;/h2-6,9-11,13-14,16,25H,7-8,12,15H2,1H3,(H,36,37);1-5,8-10,12-13,15,24H,6-7,11,14H2,(H,35,36)(H,37,38);3-4,6H,1-2,5H2;1-2,10H;4H,1-3H2;1H3;1,3H;;;/q;;;;;;;2*+1;-1/p-1/t25-;24-;;;;;;;;/m00......../s1. The van der Waals surface area contributed by atoms with Crippen molar-refractivity contribution in [2.45, 2.75) is 83.2 Å². The Morgan fingerprint density at radius 2 is 0.863 bits per heavy atom. The van der Waals surface area contributed by atoms with Gasteiger partial charge >= 0.3 is 115 Å². The van der Waals surface area contributed by atoms with Crippen LogP contribution in [0.1, 0.15) is 91.6 Å². The first-order chi connectivity index (χ1) is 55.0. The molecule has 35 heteroatoms. The number of carbonyl (C=O) groups is 5. The molecular formula is C82H70Br3F12K2N5O13. The van der Waals surface area contributed by atoms with Gasteiger partial charge in [-0.2, -0.15) is 5.26 Å². The first kappa shape index (κ1) is 98.3. The number of hydrogen-bond acceptors (Lipinski definition) is 15. The van der Waals surface area contributed by atoms with Gasteiger partial charge in [-0.05, 0) is 179 Å². The fraction of sp³-hybridized carbons (Fsp3) is 0.268. The molecule has 0 spiro atoms. The number of phenols is 1. The maximum atomic E-state index is 14.4. The number of aromatic nitrogens is 2. The van der Waals surface area contributed by atoms with Crippen LogP contribution in [-0.4, -0.2) is 94.8 Å². The maximum absolute atomic E-state index is 14.4. The number of pyridine rings is 2. The summed E-state index contributed by atoms with van der Waals surface area (Å²) in [4.78, 5) is 70.0. The molecule has 4 N–H and O–H groups in total. The van der Waals surface area contributed by atoms with E-state index in [1.54, 1.807) is 54.6 Å². The predicted octanol–water partition coefficient (Wildman–Crippen LogP) is 12.3. The van der Waals surface area contributed by atoms with Crippen molar-refractivity contribution in [3.05, 3.63) is 247 Å². The van der Waals surface area contributed by atoms with E-state index in [9.17, 15) is 77.0 Å². The maximum Gasteiger partial charge on any atom is 1.00 e. The van der Waals surface area contributed by atoms with Crippen molar-refractivity contribution in [2.75, 3.05) is 32.3 Å². The van der Waals surface area contributed by atoms with Gasteiger partial charge in [0.25, 0.3) is 18.3 Å². The summed E-state index contributed by atoms with van der Waals surface area (Å²) in [7, 11) is 1.13. The number of aromatic hydroxyl groups is 1. The van der Waals surface area contributed by atoms with Crippen molar-refractivity contribution in [2.24, 2.45) is 23.7 Å². The summed E-state index contributed by atoms with van der Waals surface area (Å²) in [5.74, 6) is -14.2. The smallest absolute Gasteiger partial charge is 1.00 e. The van der Waals surface area contributed by atoms with Crippen LogP contribution in [0.5, 0.6) is 23.0 Å². The molecule has 4 aliphatic rings. The molecule has 10 aromatic rings. The second-order valence-electron chi connectivity index (χ2n) is 26.1. The first-order valence-corrected chi connectivity index (χ1v) is 37.7. The number of nitriles is 1. The molecule has 2 heterocycles. The van der Waals surface area contributed by atoms with Gasteiger partial charge in [0.2, 0.25) is 0 Å². The number of esters is 1. The predicted molar refractivity (Wildman–Crippen MR) is 407 cm³/mol. The largest absolute Gasteiger partial charge is 1.00 e. The molecule has 8 aromatic carbocycles. The van der Waals surface area contributed by atoms with E-state index >= 15 is 0 Å². The minimum Gasteiger partial charge on any atom is -1.00 e. The third kappa shape index (κ3) is 29.4. The van der Waals surface area contributed by atoms with E-state index < -0.39 is 117 Å². The molecule has 4 fully saturated rings. The molecule has 608 valence electrons. The van der Waals surface area contributed by atoms with Crippen LogP contribution in [0.25, 0.3) is 44.1 Å². The van der Waals surface area contributed by atoms with Crippen LogP contribution < -0.4 is 133 Å². The molecule has 117 heavy (non-hydrogen) atoms. The number of benzene rings is 8. The number of nitrogens with one attached hydrogen (secondary N) is 2. The van der Waals surface area contributed by atoms with E-state index in [2.05, 4.69) is 73.3 Å². The number of amides is 2. The zero-order valence-corrected chi connectivity index (χ0v) is 73.7. The van der Waals surface area contributed by atoms with Gasteiger partial charge in [-0.15, -0.1) is 0 Å². The Bertz CT molecular complexity index is 5110. The monoisotopic (exact) mass is 1880 g/mol. The molecule has 14 rings (SSSR count).